The standard InChI is InChI=1S/C18H24O3S/c1-14-7-9-18(10-8-14)22(19,20)21-12-11-16(3)17-6-4-5-15(2)13-17/h5-10,16H,4,11-13H2,1-3H3. The smallest absolute Gasteiger partial charge is 0.266 e. The minimum atomic E-state index is -3.65. The summed E-state index contributed by atoms with van der Waals surface area (Å²) in [5, 5.41) is 0. The van der Waals surface area contributed by atoms with Crippen molar-refractivity contribution in [3.05, 3.63) is 53.1 Å². The van der Waals surface area contributed by atoms with Crippen molar-refractivity contribution < 1.29 is 12.6 Å². The summed E-state index contributed by atoms with van der Waals surface area (Å²) in [7, 11) is -3.65. The molecular weight excluding hydrogens is 296 g/mol. The van der Waals surface area contributed by atoms with Crippen LogP contribution in [0.5, 0.6) is 0 Å². The predicted octanol–water partition coefficient (Wildman–Crippen LogP) is 4.39. The third-order valence-electron chi connectivity index (χ3n) is 4.06. The normalized spacial score (nSPS) is 16.9. The van der Waals surface area contributed by atoms with Crippen LogP contribution in [0, 0.1) is 12.8 Å². The molecule has 1 atom stereocenters. The minimum absolute atomic E-state index is 0.220. The van der Waals surface area contributed by atoms with E-state index in [9.17, 15) is 8.42 Å². The molecule has 2 rings (SSSR count). The van der Waals surface area contributed by atoms with Crippen molar-refractivity contribution in [1.82, 2.24) is 0 Å². The van der Waals surface area contributed by atoms with Gasteiger partial charge in [0.25, 0.3) is 10.1 Å². The van der Waals surface area contributed by atoms with E-state index < -0.39 is 10.1 Å². The van der Waals surface area contributed by atoms with Gasteiger partial charge in [-0.25, -0.2) is 0 Å². The molecule has 0 aromatic heterocycles. The lowest BCUT2D eigenvalue weighted by Crippen LogP contribution is -2.11. The Morgan fingerprint density at radius 2 is 1.82 bits per heavy atom. The molecule has 0 saturated heterocycles. The summed E-state index contributed by atoms with van der Waals surface area (Å²) >= 11 is 0. The number of rotatable bonds is 6. The zero-order chi connectivity index (χ0) is 16.2. The van der Waals surface area contributed by atoms with E-state index in [1.54, 1.807) is 24.3 Å². The molecule has 0 N–H and O–H groups in total. The molecule has 4 heteroatoms. The molecule has 3 nitrogen and oxygen atoms in total. The summed E-state index contributed by atoms with van der Waals surface area (Å²) in [5.74, 6) is 0.344. The Bertz CT molecular complexity index is 667. The molecule has 22 heavy (non-hydrogen) atoms. The van der Waals surface area contributed by atoms with Crippen molar-refractivity contribution in [2.45, 2.75) is 44.9 Å². The van der Waals surface area contributed by atoms with Crippen molar-refractivity contribution in [2.24, 2.45) is 5.92 Å². The zero-order valence-corrected chi connectivity index (χ0v) is 14.3. The fourth-order valence-electron chi connectivity index (χ4n) is 2.55. The first-order valence-electron chi connectivity index (χ1n) is 7.69. The van der Waals surface area contributed by atoms with Gasteiger partial charge in [0.05, 0.1) is 11.5 Å². The highest BCUT2D eigenvalue weighted by molar-refractivity contribution is 7.86. The van der Waals surface area contributed by atoms with E-state index in [1.165, 1.54) is 11.1 Å². The van der Waals surface area contributed by atoms with E-state index in [2.05, 4.69) is 26.0 Å². The number of aryl methyl sites for hydroxylation is 1. The number of benzene rings is 1. The first-order chi connectivity index (χ1) is 10.4. The molecule has 0 bridgehead atoms. The van der Waals surface area contributed by atoms with Crippen LogP contribution >= 0.6 is 0 Å². The summed E-state index contributed by atoms with van der Waals surface area (Å²) in [6.45, 7) is 6.41. The first-order valence-corrected chi connectivity index (χ1v) is 9.10. The minimum Gasteiger partial charge on any atom is -0.266 e. The quantitative estimate of drug-likeness (QED) is 0.576. The molecule has 0 amide bonds. The van der Waals surface area contributed by atoms with Crippen molar-refractivity contribution in [3.8, 4) is 0 Å². The Morgan fingerprint density at radius 1 is 1.14 bits per heavy atom. The van der Waals surface area contributed by atoms with Crippen LogP contribution in [0.2, 0.25) is 0 Å². The Morgan fingerprint density at radius 3 is 2.45 bits per heavy atom. The van der Waals surface area contributed by atoms with Gasteiger partial charge in [-0.1, -0.05) is 47.9 Å². The van der Waals surface area contributed by atoms with E-state index in [-0.39, 0.29) is 11.5 Å². The molecule has 0 heterocycles. The Balaban J connectivity index is 1.87. The van der Waals surface area contributed by atoms with Gasteiger partial charge in [-0.15, -0.1) is 0 Å². The lowest BCUT2D eigenvalue weighted by Gasteiger charge is -2.19. The lowest BCUT2D eigenvalue weighted by atomic mass is 9.88. The highest BCUT2D eigenvalue weighted by atomic mass is 32.2. The second-order valence-corrected chi connectivity index (χ2v) is 7.64. The summed E-state index contributed by atoms with van der Waals surface area (Å²) < 4.78 is 29.4. The number of hydrogen-bond acceptors (Lipinski definition) is 3. The molecule has 0 aliphatic heterocycles. The predicted molar refractivity (Wildman–Crippen MR) is 89.2 cm³/mol. The highest BCUT2D eigenvalue weighted by Gasteiger charge is 2.17. The molecule has 1 aliphatic carbocycles. The van der Waals surface area contributed by atoms with Crippen LogP contribution in [-0.4, -0.2) is 15.0 Å². The van der Waals surface area contributed by atoms with Crippen LogP contribution in [-0.2, 0) is 14.3 Å². The van der Waals surface area contributed by atoms with E-state index >= 15 is 0 Å². The Hall–Kier alpha value is -1.39. The maximum Gasteiger partial charge on any atom is 0.296 e. The first kappa shape index (κ1) is 17.0. The van der Waals surface area contributed by atoms with Gasteiger partial charge >= 0.3 is 0 Å². The largest absolute Gasteiger partial charge is 0.296 e. The van der Waals surface area contributed by atoms with Gasteiger partial charge in [-0.2, -0.15) is 8.42 Å². The van der Waals surface area contributed by atoms with Crippen LogP contribution in [0.1, 0.15) is 38.7 Å². The molecule has 0 spiro atoms. The summed E-state index contributed by atoms with van der Waals surface area (Å²) in [6.07, 6.45) is 7.16. The fraction of sp³-hybridized carbons (Fsp3) is 0.444. The molecule has 1 unspecified atom stereocenters. The van der Waals surface area contributed by atoms with Crippen molar-refractivity contribution in [3.63, 3.8) is 0 Å². The van der Waals surface area contributed by atoms with E-state index in [1.807, 2.05) is 6.92 Å². The van der Waals surface area contributed by atoms with Gasteiger partial charge in [0, 0.05) is 0 Å². The van der Waals surface area contributed by atoms with Crippen molar-refractivity contribution in [2.75, 3.05) is 6.61 Å². The van der Waals surface area contributed by atoms with Gasteiger partial charge in [0.2, 0.25) is 0 Å². The van der Waals surface area contributed by atoms with Crippen LogP contribution in [0.3, 0.4) is 0 Å². The van der Waals surface area contributed by atoms with Gasteiger partial charge in [0.1, 0.15) is 0 Å². The van der Waals surface area contributed by atoms with Crippen molar-refractivity contribution in [1.29, 1.82) is 0 Å². The van der Waals surface area contributed by atoms with E-state index in [4.69, 9.17) is 4.18 Å². The van der Waals surface area contributed by atoms with E-state index in [0.29, 0.717) is 12.3 Å². The maximum atomic E-state index is 12.1. The fourth-order valence-corrected chi connectivity index (χ4v) is 3.47. The molecule has 120 valence electrons. The van der Waals surface area contributed by atoms with Crippen molar-refractivity contribution >= 4 is 10.1 Å². The van der Waals surface area contributed by atoms with Gasteiger partial charge in [0.15, 0.2) is 0 Å². The summed E-state index contributed by atoms with van der Waals surface area (Å²) in [4.78, 5) is 0.224. The topological polar surface area (TPSA) is 43.4 Å². The average molecular weight is 320 g/mol. The van der Waals surface area contributed by atoms with E-state index in [0.717, 1.165) is 18.4 Å². The second kappa shape index (κ2) is 7.25. The van der Waals surface area contributed by atoms with Crippen LogP contribution < -0.4 is 0 Å². The zero-order valence-electron chi connectivity index (χ0n) is 13.5. The molecule has 0 saturated carbocycles. The van der Waals surface area contributed by atoms with Crippen LogP contribution in [0.25, 0.3) is 0 Å². The second-order valence-electron chi connectivity index (χ2n) is 6.02. The molecular formula is C18H24O3S. The molecule has 0 fully saturated rings. The maximum absolute atomic E-state index is 12.1. The molecule has 1 aromatic carbocycles. The highest BCUT2D eigenvalue weighted by Crippen LogP contribution is 2.26. The summed E-state index contributed by atoms with van der Waals surface area (Å²) in [6, 6.07) is 6.74. The van der Waals surface area contributed by atoms with Gasteiger partial charge in [-0.3, -0.25) is 4.18 Å². The van der Waals surface area contributed by atoms with Gasteiger partial charge in [-0.05, 0) is 51.2 Å². The van der Waals surface area contributed by atoms with Gasteiger partial charge < -0.3 is 0 Å². The summed E-state index contributed by atoms with van der Waals surface area (Å²) in [5.41, 5.74) is 3.80. The number of hydrogen-bond donors (Lipinski definition) is 0. The van der Waals surface area contributed by atoms with Crippen LogP contribution in [0.15, 0.2) is 52.5 Å². The Labute approximate surface area is 133 Å². The third kappa shape index (κ3) is 4.55. The average Bonchev–Trinajstić information content (AvgIpc) is 2.47. The lowest BCUT2D eigenvalue weighted by molar-refractivity contribution is 0.295. The molecule has 0 radical (unpaired) electrons. The SMILES string of the molecule is CC1=CCC=C(C(C)CCOS(=O)(=O)c2ccc(C)cc2)C1. The number of allylic oxidation sites excluding steroid dienone is 4. The Kier molecular flexibility index (Phi) is 5.59. The monoisotopic (exact) mass is 320 g/mol. The molecule has 1 aliphatic rings. The molecule has 1 aromatic rings. The third-order valence-corrected chi connectivity index (χ3v) is 5.39. The van der Waals surface area contributed by atoms with Crippen LogP contribution in [0.4, 0.5) is 0 Å².